The minimum Gasteiger partial charge on any atom is -0.465 e. The van der Waals surface area contributed by atoms with Gasteiger partial charge in [0.15, 0.2) is 0 Å². The molecule has 0 bridgehead atoms. The SMILES string of the molecule is COC(=O)c1ccccc1NC(=O)C(Sc1cccc(NC(=O)/C(=C\c2ccccc2C)NC(=O)c2ccccc2)c1)c1ccccc1. The van der Waals surface area contributed by atoms with Crippen molar-refractivity contribution in [2.75, 3.05) is 17.7 Å². The molecule has 3 amide bonds. The Bertz CT molecular complexity index is 1960. The second-order valence-corrected chi connectivity index (χ2v) is 11.8. The summed E-state index contributed by atoms with van der Waals surface area (Å²) in [5.74, 6) is -1.83. The third-order valence-electron chi connectivity index (χ3n) is 7.29. The quantitative estimate of drug-likeness (QED) is 0.0765. The van der Waals surface area contributed by atoms with Crippen LogP contribution in [0.3, 0.4) is 0 Å². The minimum absolute atomic E-state index is 0.0713. The molecule has 0 aliphatic rings. The normalized spacial score (nSPS) is 11.6. The van der Waals surface area contributed by atoms with E-state index in [1.807, 2.05) is 73.7 Å². The van der Waals surface area contributed by atoms with Crippen molar-refractivity contribution in [2.45, 2.75) is 17.1 Å². The summed E-state index contributed by atoms with van der Waals surface area (Å²) in [5.41, 5.74) is 4.00. The van der Waals surface area contributed by atoms with Crippen molar-refractivity contribution in [3.8, 4) is 0 Å². The third-order valence-corrected chi connectivity index (χ3v) is 8.54. The molecule has 5 rings (SSSR count). The number of methoxy groups -OCH3 is 1. The molecule has 0 fully saturated rings. The number of aryl methyl sites for hydroxylation is 1. The van der Waals surface area contributed by atoms with E-state index in [2.05, 4.69) is 16.0 Å². The first-order chi connectivity index (χ1) is 23.3. The lowest BCUT2D eigenvalue weighted by Gasteiger charge is -2.19. The molecule has 3 N–H and O–H groups in total. The number of ether oxygens (including phenoxy) is 1. The van der Waals surface area contributed by atoms with Crippen LogP contribution in [0.1, 0.15) is 42.7 Å². The highest BCUT2D eigenvalue weighted by Gasteiger charge is 2.24. The van der Waals surface area contributed by atoms with E-state index < -0.39 is 23.0 Å². The number of nitrogens with one attached hydrogen (secondary N) is 3. The number of esters is 1. The van der Waals surface area contributed by atoms with E-state index in [9.17, 15) is 19.2 Å². The number of hydrogen-bond acceptors (Lipinski definition) is 6. The maximum Gasteiger partial charge on any atom is 0.339 e. The van der Waals surface area contributed by atoms with Gasteiger partial charge in [-0.2, -0.15) is 0 Å². The highest BCUT2D eigenvalue weighted by molar-refractivity contribution is 8.00. The molecule has 48 heavy (non-hydrogen) atoms. The van der Waals surface area contributed by atoms with Crippen molar-refractivity contribution in [3.63, 3.8) is 0 Å². The fourth-order valence-corrected chi connectivity index (χ4v) is 5.89. The van der Waals surface area contributed by atoms with Crippen LogP contribution in [0.5, 0.6) is 0 Å². The molecule has 1 atom stereocenters. The van der Waals surface area contributed by atoms with Gasteiger partial charge in [-0.05, 0) is 72.2 Å². The fourth-order valence-electron chi connectivity index (χ4n) is 4.81. The van der Waals surface area contributed by atoms with Crippen LogP contribution >= 0.6 is 11.8 Å². The molecular formula is C39H33N3O5S. The fraction of sp³-hybridized carbons (Fsp3) is 0.0769. The molecule has 0 heterocycles. The maximum absolute atomic E-state index is 13.8. The standard InChI is InChI=1S/C39H33N3O5S/c1-26-14-9-10-19-29(26)24-34(42-36(43)28-17-7-4-8-18-28)37(44)40-30-20-13-21-31(25-30)48-35(27-15-5-3-6-16-27)38(45)41-33-23-12-11-22-32(33)39(46)47-2/h3-25,35H,1-2H3,(H,40,44)(H,41,45)(H,42,43)/b34-24+. The van der Waals surface area contributed by atoms with E-state index in [1.54, 1.807) is 72.8 Å². The van der Waals surface area contributed by atoms with Crippen LogP contribution in [0.4, 0.5) is 11.4 Å². The van der Waals surface area contributed by atoms with E-state index in [0.29, 0.717) is 21.8 Å². The number of amides is 3. The van der Waals surface area contributed by atoms with E-state index in [-0.39, 0.29) is 17.2 Å². The predicted octanol–water partition coefficient (Wildman–Crippen LogP) is 7.66. The molecule has 1 unspecified atom stereocenters. The number of anilines is 2. The molecular weight excluding hydrogens is 623 g/mol. The van der Waals surface area contributed by atoms with Gasteiger partial charge < -0.3 is 20.7 Å². The summed E-state index contributed by atoms with van der Waals surface area (Å²) in [7, 11) is 1.29. The molecule has 0 aromatic heterocycles. The second kappa shape index (κ2) is 16.1. The van der Waals surface area contributed by atoms with Crippen LogP contribution in [0, 0.1) is 6.92 Å². The van der Waals surface area contributed by atoms with E-state index in [4.69, 9.17) is 4.74 Å². The van der Waals surface area contributed by atoms with Gasteiger partial charge in [-0.15, -0.1) is 11.8 Å². The van der Waals surface area contributed by atoms with Gasteiger partial charge >= 0.3 is 5.97 Å². The van der Waals surface area contributed by atoms with Crippen molar-refractivity contribution in [1.82, 2.24) is 5.32 Å². The highest BCUT2D eigenvalue weighted by atomic mass is 32.2. The van der Waals surface area contributed by atoms with Crippen LogP contribution in [0.15, 0.2) is 144 Å². The van der Waals surface area contributed by atoms with Gasteiger partial charge in [0, 0.05) is 16.1 Å². The molecule has 0 aliphatic heterocycles. The number of hydrogen-bond donors (Lipinski definition) is 3. The zero-order chi connectivity index (χ0) is 33.9. The minimum atomic E-state index is -0.704. The summed E-state index contributed by atoms with van der Waals surface area (Å²) in [6.45, 7) is 1.93. The number of para-hydroxylation sites is 1. The zero-order valence-electron chi connectivity index (χ0n) is 26.3. The lowest BCUT2D eigenvalue weighted by atomic mass is 10.1. The molecule has 0 saturated heterocycles. The van der Waals surface area contributed by atoms with E-state index in [1.165, 1.54) is 18.9 Å². The first-order valence-corrected chi connectivity index (χ1v) is 16.0. The third kappa shape index (κ3) is 8.65. The molecule has 0 spiro atoms. The number of carbonyl (C=O) groups is 4. The van der Waals surface area contributed by atoms with Gasteiger partial charge in [-0.1, -0.05) is 91.0 Å². The number of benzene rings is 5. The first kappa shape index (κ1) is 33.4. The average Bonchev–Trinajstić information content (AvgIpc) is 3.12. The van der Waals surface area contributed by atoms with Crippen molar-refractivity contribution >= 4 is 52.9 Å². The highest BCUT2D eigenvalue weighted by Crippen LogP contribution is 2.37. The number of thioether (sulfide) groups is 1. The summed E-state index contributed by atoms with van der Waals surface area (Å²) < 4.78 is 4.89. The van der Waals surface area contributed by atoms with Crippen molar-refractivity contribution in [2.24, 2.45) is 0 Å². The molecule has 0 radical (unpaired) electrons. The Morgan fingerprint density at radius 3 is 2.12 bits per heavy atom. The Labute approximate surface area is 283 Å². The molecule has 5 aromatic rings. The van der Waals surface area contributed by atoms with Crippen LogP contribution in [-0.4, -0.2) is 30.8 Å². The van der Waals surface area contributed by atoms with Crippen molar-refractivity contribution in [1.29, 1.82) is 0 Å². The predicted molar refractivity (Wildman–Crippen MR) is 190 cm³/mol. The van der Waals surface area contributed by atoms with Crippen molar-refractivity contribution in [3.05, 3.63) is 167 Å². The van der Waals surface area contributed by atoms with Gasteiger partial charge in [-0.3, -0.25) is 14.4 Å². The average molecular weight is 656 g/mol. The summed E-state index contributed by atoms with van der Waals surface area (Å²) >= 11 is 1.29. The number of carbonyl (C=O) groups excluding carboxylic acids is 4. The van der Waals surface area contributed by atoms with Crippen LogP contribution in [0.25, 0.3) is 6.08 Å². The Morgan fingerprint density at radius 1 is 0.729 bits per heavy atom. The van der Waals surface area contributed by atoms with Crippen molar-refractivity contribution < 1.29 is 23.9 Å². The van der Waals surface area contributed by atoms with Gasteiger partial charge in [-0.25, -0.2) is 4.79 Å². The largest absolute Gasteiger partial charge is 0.465 e. The van der Waals surface area contributed by atoms with Crippen LogP contribution in [-0.2, 0) is 14.3 Å². The lowest BCUT2D eigenvalue weighted by Crippen LogP contribution is -2.30. The second-order valence-electron chi connectivity index (χ2n) is 10.7. The number of rotatable bonds is 11. The van der Waals surface area contributed by atoms with Gasteiger partial charge in [0.05, 0.1) is 18.4 Å². The molecule has 0 saturated carbocycles. The Morgan fingerprint density at radius 2 is 1.40 bits per heavy atom. The molecule has 0 aliphatic carbocycles. The van der Waals surface area contributed by atoms with E-state index >= 15 is 0 Å². The Kier molecular flexibility index (Phi) is 11.2. The summed E-state index contributed by atoms with van der Waals surface area (Å²) in [6, 6.07) is 39.3. The molecule has 9 heteroatoms. The van der Waals surface area contributed by atoms with Gasteiger partial charge in [0.1, 0.15) is 10.9 Å². The monoisotopic (exact) mass is 655 g/mol. The van der Waals surface area contributed by atoms with Gasteiger partial charge in [0.2, 0.25) is 5.91 Å². The van der Waals surface area contributed by atoms with Crippen LogP contribution < -0.4 is 16.0 Å². The van der Waals surface area contributed by atoms with Gasteiger partial charge in [0.25, 0.3) is 11.8 Å². The Balaban J connectivity index is 1.39. The Hall–Kier alpha value is -5.93. The molecule has 8 nitrogen and oxygen atoms in total. The first-order valence-electron chi connectivity index (χ1n) is 15.1. The topological polar surface area (TPSA) is 114 Å². The summed E-state index contributed by atoms with van der Waals surface area (Å²) in [4.78, 5) is 53.5. The summed E-state index contributed by atoms with van der Waals surface area (Å²) in [6.07, 6.45) is 1.64. The molecule has 240 valence electrons. The molecule has 5 aromatic carbocycles. The summed E-state index contributed by atoms with van der Waals surface area (Å²) in [5, 5.41) is 7.85. The lowest BCUT2D eigenvalue weighted by molar-refractivity contribution is -0.116. The maximum atomic E-state index is 13.8. The van der Waals surface area contributed by atoms with Crippen LogP contribution in [0.2, 0.25) is 0 Å². The zero-order valence-corrected chi connectivity index (χ0v) is 27.1. The smallest absolute Gasteiger partial charge is 0.339 e. The van der Waals surface area contributed by atoms with E-state index in [0.717, 1.165) is 16.7 Å².